The summed E-state index contributed by atoms with van der Waals surface area (Å²) in [5.41, 5.74) is 3.32. The molecule has 2 aliphatic heterocycles. The van der Waals surface area contributed by atoms with Crippen molar-refractivity contribution in [1.29, 1.82) is 0 Å². The molecular weight excluding hydrogens is 446 g/mol. The van der Waals surface area contributed by atoms with E-state index in [1.807, 2.05) is 24.0 Å². The minimum absolute atomic E-state index is 0.0419. The van der Waals surface area contributed by atoms with E-state index in [4.69, 9.17) is 16.6 Å². The highest BCUT2D eigenvalue weighted by atomic mass is 35.5. The Hall–Kier alpha value is -2.40. The van der Waals surface area contributed by atoms with Gasteiger partial charge in [0, 0.05) is 47.9 Å². The molecule has 5 rings (SSSR count). The van der Waals surface area contributed by atoms with Crippen LogP contribution in [0.5, 0.6) is 0 Å². The molecule has 3 fully saturated rings. The van der Waals surface area contributed by atoms with E-state index >= 15 is 0 Å². The van der Waals surface area contributed by atoms with Gasteiger partial charge in [-0.1, -0.05) is 24.4 Å². The predicted molar refractivity (Wildman–Crippen MR) is 134 cm³/mol. The number of hydrogen-bond donors (Lipinski definition) is 0. The lowest BCUT2D eigenvalue weighted by molar-refractivity contribution is 0.0387. The van der Waals surface area contributed by atoms with Crippen LogP contribution in [0.2, 0.25) is 5.02 Å². The van der Waals surface area contributed by atoms with E-state index in [0.717, 1.165) is 49.2 Å². The standard InChI is InChI=1S/C28H34ClN3O2/c1-19-8-13-24(28(34)32-16-4-6-20-5-2-3-7-25(20)32)26(30-19)21-14-17-31(18-15-21)27(33)22-9-11-23(29)12-10-22/h8-13,20-21,25H,2-7,14-18H2,1H3/t20-,25-/m0/s1. The van der Waals surface area contributed by atoms with Gasteiger partial charge in [0.2, 0.25) is 0 Å². The summed E-state index contributed by atoms with van der Waals surface area (Å²) in [5.74, 6) is 1.06. The number of pyridine rings is 1. The summed E-state index contributed by atoms with van der Waals surface area (Å²) in [4.78, 5) is 35.7. The molecule has 1 aromatic heterocycles. The van der Waals surface area contributed by atoms with Gasteiger partial charge < -0.3 is 9.80 Å². The summed E-state index contributed by atoms with van der Waals surface area (Å²) >= 11 is 5.97. The summed E-state index contributed by atoms with van der Waals surface area (Å²) in [5, 5.41) is 0.631. The van der Waals surface area contributed by atoms with Crippen LogP contribution in [0, 0.1) is 12.8 Å². The van der Waals surface area contributed by atoms with Crippen LogP contribution in [-0.4, -0.2) is 52.3 Å². The topological polar surface area (TPSA) is 53.5 Å². The number of rotatable bonds is 3. The van der Waals surface area contributed by atoms with Gasteiger partial charge in [0.1, 0.15) is 0 Å². The number of likely N-dealkylation sites (tertiary alicyclic amines) is 2. The average molecular weight is 480 g/mol. The van der Waals surface area contributed by atoms with E-state index in [-0.39, 0.29) is 17.7 Å². The number of fused-ring (bicyclic) bond motifs is 1. The van der Waals surface area contributed by atoms with Crippen LogP contribution in [0.3, 0.4) is 0 Å². The Kier molecular flexibility index (Phi) is 6.91. The summed E-state index contributed by atoms with van der Waals surface area (Å²) in [7, 11) is 0. The highest BCUT2D eigenvalue weighted by Gasteiger charge is 2.37. The molecule has 1 aromatic carbocycles. The third-order valence-corrected chi connectivity index (χ3v) is 8.31. The van der Waals surface area contributed by atoms with Crippen LogP contribution in [-0.2, 0) is 0 Å². The number of halogens is 1. The molecule has 2 saturated heterocycles. The Morgan fingerprint density at radius 3 is 2.32 bits per heavy atom. The van der Waals surface area contributed by atoms with Gasteiger partial charge in [0.15, 0.2) is 0 Å². The van der Waals surface area contributed by atoms with Crippen molar-refractivity contribution in [3.05, 3.63) is 63.9 Å². The molecule has 2 amide bonds. The number of piperidine rings is 2. The molecule has 0 N–H and O–H groups in total. The maximum atomic E-state index is 13.8. The van der Waals surface area contributed by atoms with Gasteiger partial charge in [0.25, 0.3) is 11.8 Å². The van der Waals surface area contributed by atoms with Gasteiger partial charge in [0.05, 0.1) is 11.3 Å². The maximum Gasteiger partial charge on any atom is 0.255 e. The summed E-state index contributed by atoms with van der Waals surface area (Å²) in [6, 6.07) is 11.4. The van der Waals surface area contributed by atoms with E-state index < -0.39 is 0 Å². The number of aromatic nitrogens is 1. The summed E-state index contributed by atoms with van der Waals surface area (Å²) in [6.07, 6.45) is 8.92. The Morgan fingerprint density at radius 2 is 1.56 bits per heavy atom. The first-order valence-corrected chi connectivity index (χ1v) is 13.2. The van der Waals surface area contributed by atoms with Crippen LogP contribution < -0.4 is 0 Å². The molecule has 6 heteroatoms. The van der Waals surface area contributed by atoms with E-state index in [0.29, 0.717) is 35.6 Å². The zero-order chi connectivity index (χ0) is 23.7. The van der Waals surface area contributed by atoms with Crippen molar-refractivity contribution in [2.24, 2.45) is 5.92 Å². The normalized spacial score (nSPS) is 23.5. The molecule has 1 aliphatic carbocycles. The molecule has 1 saturated carbocycles. The first-order valence-electron chi connectivity index (χ1n) is 12.8. The van der Waals surface area contributed by atoms with Gasteiger partial charge in [-0.05, 0) is 87.8 Å². The fourth-order valence-corrected chi connectivity index (χ4v) is 6.36. The molecule has 34 heavy (non-hydrogen) atoms. The average Bonchev–Trinajstić information content (AvgIpc) is 2.88. The van der Waals surface area contributed by atoms with E-state index in [9.17, 15) is 9.59 Å². The Labute approximate surface area is 207 Å². The van der Waals surface area contributed by atoms with Crippen molar-refractivity contribution in [1.82, 2.24) is 14.8 Å². The molecule has 3 aliphatic rings. The summed E-state index contributed by atoms with van der Waals surface area (Å²) in [6.45, 7) is 4.20. The molecule has 0 radical (unpaired) electrons. The van der Waals surface area contributed by atoms with E-state index in [2.05, 4.69) is 4.90 Å². The zero-order valence-corrected chi connectivity index (χ0v) is 20.8. The fourth-order valence-electron chi connectivity index (χ4n) is 6.23. The SMILES string of the molecule is Cc1ccc(C(=O)N2CCC[C@@H]3CCCC[C@@H]32)c(C2CCN(C(=O)c3ccc(Cl)cc3)CC2)n1. The molecule has 3 heterocycles. The van der Waals surface area contributed by atoms with Crippen LogP contribution in [0.1, 0.15) is 89.4 Å². The number of amides is 2. The Bertz CT molecular complexity index is 1040. The van der Waals surface area contributed by atoms with Crippen LogP contribution in [0.15, 0.2) is 36.4 Å². The molecule has 2 aromatic rings. The van der Waals surface area contributed by atoms with Gasteiger partial charge >= 0.3 is 0 Å². The second-order valence-electron chi connectivity index (χ2n) is 10.2. The Balaban J connectivity index is 1.32. The van der Waals surface area contributed by atoms with Gasteiger partial charge in [-0.3, -0.25) is 14.6 Å². The monoisotopic (exact) mass is 479 g/mol. The number of benzene rings is 1. The first-order chi connectivity index (χ1) is 16.5. The smallest absolute Gasteiger partial charge is 0.255 e. The van der Waals surface area contributed by atoms with Crippen molar-refractivity contribution < 1.29 is 9.59 Å². The first kappa shape index (κ1) is 23.3. The van der Waals surface area contributed by atoms with Gasteiger partial charge in [-0.15, -0.1) is 0 Å². The van der Waals surface area contributed by atoms with E-state index in [1.54, 1.807) is 24.3 Å². The number of nitrogens with zero attached hydrogens (tertiary/aromatic N) is 3. The van der Waals surface area contributed by atoms with Crippen molar-refractivity contribution in [2.45, 2.75) is 70.3 Å². The lowest BCUT2D eigenvalue weighted by atomic mass is 9.78. The van der Waals surface area contributed by atoms with Crippen molar-refractivity contribution in [3.8, 4) is 0 Å². The molecular formula is C28H34ClN3O2. The maximum absolute atomic E-state index is 13.8. The highest BCUT2D eigenvalue weighted by molar-refractivity contribution is 6.30. The molecule has 5 nitrogen and oxygen atoms in total. The lowest BCUT2D eigenvalue weighted by Crippen LogP contribution is -2.50. The number of carbonyl (C=O) groups excluding carboxylic acids is 2. The van der Waals surface area contributed by atoms with Crippen LogP contribution in [0.4, 0.5) is 0 Å². The lowest BCUT2D eigenvalue weighted by Gasteiger charge is -2.44. The minimum Gasteiger partial charge on any atom is -0.339 e. The summed E-state index contributed by atoms with van der Waals surface area (Å²) < 4.78 is 0. The second kappa shape index (κ2) is 10.1. The zero-order valence-electron chi connectivity index (χ0n) is 20.0. The third-order valence-electron chi connectivity index (χ3n) is 8.06. The quantitative estimate of drug-likeness (QED) is 0.554. The van der Waals surface area contributed by atoms with Crippen molar-refractivity contribution >= 4 is 23.4 Å². The molecule has 0 unspecified atom stereocenters. The molecule has 2 atom stereocenters. The molecule has 180 valence electrons. The van der Waals surface area contributed by atoms with E-state index in [1.165, 1.54) is 25.7 Å². The third kappa shape index (κ3) is 4.72. The fraction of sp³-hybridized carbons (Fsp3) is 0.536. The molecule has 0 bridgehead atoms. The predicted octanol–water partition coefficient (Wildman–Crippen LogP) is 5.86. The number of aryl methyl sites for hydroxylation is 1. The van der Waals surface area contributed by atoms with Crippen LogP contribution >= 0.6 is 11.6 Å². The minimum atomic E-state index is 0.0419. The Morgan fingerprint density at radius 1 is 0.853 bits per heavy atom. The second-order valence-corrected chi connectivity index (χ2v) is 10.6. The van der Waals surface area contributed by atoms with Gasteiger partial charge in [-0.25, -0.2) is 0 Å². The molecule has 0 spiro atoms. The van der Waals surface area contributed by atoms with Crippen LogP contribution in [0.25, 0.3) is 0 Å². The number of carbonyl (C=O) groups is 2. The van der Waals surface area contributed by atoms with Crippen molar-refractivity contribution in [3.63, 3.8) is 0 Å². The van der Waals surface area contributed by atoms with Crippen molar-refractivity contribution in [2.75, 3.05) is 19.6 Å². The van der Waals surface area contributed by atoms with Gasteiger partial charge in [-0.2, -0.15) is 0 Å². The highest BCUT2D eigenvalue weighted by Crippen LogP contribution is 2.37. The number of hydrogen-bond acceptors (Lipinski definition) is 3. The largest absolute Gasteiger partial charge is 0.339 e.